The number of halogens is 1. The van der Waals surface area contributed by atoms with Crippen molar-refractivity contribution in [2.45, 2.75) is 17.5 Å². The number of nitrogens with one attached hydrogen (secondary N) is 2. The van der Waals surface area contributed by atoms with Gasteiger partial charge in [0.2, 0.25) is 0 Å². The van der Waals surface area contributed by atoms with E-state index in [1.807, 2.05) is 42.7 Å². The SMILES string of the molecule is CSc1ccc(C(O)CNC(=O)NCc2ccc(Cl)cc2)cc1. The lowest BCUT2D eigenvalue weighted by Gasteiger charge is -2.13. The van der Waals surface area contributed by atoms with E-state index >= 15 is 0 Å². The molecule has 2 amide bonds. The lowest BCUT2D eigenvalue weighted by Crippen LogP contribution is -2.37. The summed E-state index contributed by atoms with van der Waals surface area (Å²) < 4.78 is 0. The minimum atomic E-state index is -0.729. The zero-order valence-electron chi connectivity index (χ0n) is 12.8. The number of aliphatic hydroxyl groups is 1. The molecule has 1 atom stereocenters. The molecule has 2 aromatic carbocycles. The van der Waals surface area contributed by atoms with Gasteiger partial charge in [-0.1, -0.05) is 35.9 Å². The van der Waals surface area contributed by atoms with Crippen molar-refractivity contribution in [3.8, 4) is 0 Å². The number of benzene rings is 2. The van der Waals surface area contributed by atoms with Gasteiger partial charge in [-0.25, -0.2) is 4.79 Å². The number of hydrogen-bond donors (Lipinski definition) is 3. The van der Waals surface area contributed by atoms with Crippen molar-refractivity contribution >= 4 is 29.4 Å². The van der Waals surface area contributed by atoms with Crippen LogP contribution in [0.4, 0.5) is 4.79 Å². The van der Waals surface area contributed by atoms with Crippen LogP contribution >= 0.6 is 23.4 Å². The molecule has 122 valence electrons. The fraction of sp³-hybridized carbons (Fsp3) is 0.235. The summed E-state index contributed by atoms with van der Waals surface area (Å²) in [4.78, 5) is 12.9. The predicted molar refractivity (Wildman–Crippen MR) is 94.9 cm³/mol. The molecule has 0 aromatic heterocycles. The van der Waals surface area contributed by atoms with Crippen LogP contribution in [0.5, 0.6) is 0 Å². The molecule has 0 aliphatic heterocycles. The van der Waals surface area contributed by atoms with Crippen LogP contribution in [0.15, 0.2) is 53.4 Å². The van der Waals surface area contributed by atoms with Crippen molar-refractivity contribution in [1.82, 2.24) is 10.6 Å². The fourth-order valence-corrected chi connectivity index (χ4v) is 2.51. The first-order valence-electron chi connectivity index (χ1n) is 7.16. The highest BCUT2D eigenvalue weighted by molar-refractivity contribution is 7.98. The fourth-order valence-electron chi connectivity index (χ4n) is 1.98. The van der Waals surface area contributed by atoms with Crippen molar-refractivity contribution in [2.24, 2.45) is 0 Å². The number of urea groups is 1. The third kappa shape index (κ3) is 5.78. The van der Waals surface area contributed by atoms with E-state index in [2.05, 4.69) is 10.6 Å². The first-order valence-corrected chi connectivity index (χ1v) is 8.77. The second-order valence-corrected chi connectivity index (χ2v) is 6.30. The van der Waals surface area contributed by atoms with Gasteiger partial charge in [0.15, 0.2) is 0 Å². The third-order valence-electron chi connectivity index (χ3n) is 3.32. The van der Waals surface area contributed by atoms with Gasteiger partial charge in [0.05, 0.1) is 6.10 Å². The average molecular weight is 351 g/mol. The molecule has 0 aliphatic rings. The summed E-state index contributed by atoms with van der Waals surface area (Å²) in [5.41, 5.74) is 1.73. The van der Waals surface area contributed by atoms with E-state index in [1.165, 1.54) is 0 Å². The van der Waals surface area contributed by atoms with Gasteiger partial charge in [-0.05, 0) is 41.6 Å². The van der Waals surface area contributed by atoms with E-state index < -0.39 is 6.10 Å². The number of thioether (sulfide) groups is 1. The minimum absolute atomic E-state index is 0.158. The van der Waals surface area contributed by atoms with Crippen LogP contribution < -0.4 is 10.6 Å². The molecule has 0 spiro atoms. The highest BCUT2D eigenvalue weighted by Gasteiger charge is 2.09. The molecule has 4 nitrogen and oxygen atoms in total. The monoisotopic (exact) mass is 350 g/mol. The zero-order chi connectivity index (χ0) is 16.7. The Bertz CT molecular complexity index is 632. The Morgan fingerprint density at radius 3 is 2.39 bits per heavy atom. The third-order valence-corrected chi connectivity index (χ3v) is 4.32. The molecule has 6 heteroatoms. The molecule has 2 aromatic rings. The predicted octanol–water partition coefficient (Wildman–Crippen LogP) is 3.59. The van der Waals surface area contributed by atoms with Crippen molar-refractivity contribution < 1.29 is 9.90 Å². The molecular weight excluding hydrogens is 332 g/mol. The molecule has 0 saturated heterocycles. The van der Waals surface area contributed by atoms with Crippen LogP contribution in [0.1, 0.15) is 17.2 Å². The van der Waals surface area contributed by atoms with E-state index in [-0.39, 0.29) is 12.6 Å². The number of hydrogen-bond acceptors (Lipinski definition) is 3. The van der Waals surface area contributed by atoms with Crippen molar-refractivity contribution in [1.29, 1.82) is 0 Å². The molecule has 0 fully saturated rings. The van der Waals surface area contributed by atoms with Gasteiger partial charge in [0.1, 0.15) is 0 Å². The number of carbonyl (C=O) groups excluding carboxylic acids is 1. The molecule has 3 N–H and O–H groups in total. The summed E-state index contributed by atoms with van der Waals surface area (Å²) in [6.45, 7) is 0.562. The normalized spacial score (nSPS) is 11.8. The summed E-state index contributed by atoms with van der Waals surface area (Å²) >= 11 is 7.45. The van der Waals surface area contributed by atoms with Gasteiger partial charge >= 0.3 is 6.03 Å². The van der Waals surface area contributed by atoms with Crippen LogP contribution in [0.2, 0.25) is 5.02 Å². The number of aliphatic hydroxyl groups excluding tert-OH is 1. The van der Waals surface area contributed by atoms with Gasteiger partial charge in [0.25, 0.3) is 0 Å². The van der Waals surface area contributed by atoms with Crippen molar-refractivity contribution in [3.05, 3.63) is 64.7 Å². The van der Waals surface area contributed by atoms with E-state index in [0.717, 1.165) is 16.0 Å². The summed E-state index contributed by atoms with van der Waals surface area (Å²) in [7, 11) is 0. The maximum absolute atomic E-state index is 11.8. The first-order chi connectivity index (χ1) is 11.1. The molecule has 0 radical (unpaired) electrons. The van der Waals surface area contributed by atoms with Gasteiger partial charge in [-0.3, -0.25) is 0 Å². The van der Waals surface area contributed by atoms with Gasteiger partial charge in [-0.2, -0.15) is 0 Å². The molecule has 0 saturated carbocycles. The summed E-state index contributed by atoms with van der Waals surface area (Å²) in [6.07, 6.45) is 1.27. The Hall–Kier alpha value is -1.69. The molecule has 1 unspecified atom stereocenters. The van der Waals surface area contributed by atoms with E-state index in [1.54, 1.807) is 23.9 Å². The Labute approximate surface area is 145 Å². The summed E-state index contributed by atoms with van der Waals surface area (Å²) in [5, 5.41) is 16.1. The first kappa shape index (κ1) is 17.7. The lowest BCUT2D eigenvalue weighted by molar-refractivity contribution is 0.173. The Morgan fingerprint density at radius 2 is 1.78 bits per heavy atom. The second kappa shape index (κ2) is 8.82. The van der Waals surface area contributed by atoms with Crippen LogP contribution in [0.3, 0.4) is 0 Å². The molecule has 0 aliphatic carbocycles. The molecule has 0 bridgehead atoms. The van der Waals surface area contributed by atoms with E-state index in [9.17, 15) is 9.90 Å². The highest BCUT2D eigenvalue weighted by atomic mass is 35.5. The van der Waals surface area contributed by atoms with E-state index in [4.69, 9.17) is 11.6 Å². The van der Waals surface area contributed by atoms with Crippen molar-refractivity contribution in [2.75, 3.05) is 12.8 Å². The zero-order valence-corrected chi connectivity index (χ0v) is 14.3. The smallest absolute Gasteiger partial charge is 0.315 e. The molecule has 0 heterocycles. The van der Waals surface area contributed by atoms with Crippen molar-refractivity contribution in [3.63, 3.8) is 0 Å². The molecule has 2 rings (SSSR count). The van der Waals surface area contributed by atoms with E-state index in [0.29, 0.717) is 11.6 Å². The molecule has 23 heavy (non-hydrogen) atoms. The van der Waals surface area contributed by atoms with Gasteiger partial charge in [-0.15, -0.1) is 11.8 Å². The quantitative estimate of drug-likeness (QED) is 0.698. The van der Waals surface area contributed by atoms with Gasteiger partial charge < -0.3 is 15.7 Å². The summed E-state index contributed by atoms with van der Waals surface area (Å²) in [5.74, 6) is 0. The maximum Gasteiger partial charge on any atom is 0.315 e. The summed E-state index contributed by atoms with van der Waals surface area (Å²) in [6, 6.07) is 14.6. The average Bonchev–Trinajstić information content (AvgIpc) is 2.59. The van der Waals surface area contributed by atoms with Crippen LogP contribution in [-0.4, -0.2) is 23.9 Å². The van der Waals surface area contributed by atoms with Crippen LogP contribution in [0, 0.1) is 0 Å². The second-order valence-electron chi connectivity index (χ2n) is 4.98. The number of carbonyl (C=O) groups is 1. The van der Waals surface area contributed by atoms with Crippen LogP contribution in [0.25, 0.3) is 0 Å². The number of rotatable bonds is 6. The minimum Gasteiger partial charge on any atom is -0.387 e. The standard InChI is InChI=1S/C17H19ClN2O2S/c1-23-15-8-4-13(5-9-15)16(21)11-20-17(22)19-10-12-2-6-14(18)7-3-12/h2-9,16,21H,10-11H2,1H3,(H2,19,20,22). The van der Waals surface area contributed by atoms with Gasteiger partial charge in [0, 0.05) is 23.0 Å². The largest absolute Gasteiger partial charge is 0.387 e. The maximum atomic E-state index is 11.8. The Kier molecular flexibility index (Phi) is 6.77. The number of amides is 2. The highest BCUT2D eigenvalue weighted by Crippen LogP contribution is 2.18. The topological polar surface area (TPSA) is 61.4 Å². The Morgan fingerprint density at radius 1 is 1.13 bits per heavy atom. The molecular formula is C17H19ClN2O2S. The lowest BCUT2D eigenvalue weighted by atomic mass is 10.1. The Balaban J connectivity index is 1.75. The van der Waals surface area contributed by atoms with Crippen LogP contribution in [-0.2, 0) is 6.54 Å².